The summed E-state index contributed by atoms with van der Waals surface area (Å²) in [6, 6.07) is 17.5. The summed E-state index contributed by atoms with van der Waals surface area (Å²) in [6.45, 7) is 0.0902. The maximum atomic E-state index is 12.4. The molecular formula is C19H16N2O3S2. The molecule has 3 rings (SSSR count). The van der Waals surface area contributed by atoms with Crippen molar-refractivity contribution in [3.05, 3.63) is 65.1 Å². The fourth-order valence-electron chi connectivity index (χ4n) is 2.45. The number of anilines is 2. The molecule has 0 bridgehead atoms. The van der Waals surface area contributed by atoms with Gasteiger partial charge in [-0.25, -0.2) is 0 Å². The summed E-state index contributed by atoms with van der Waals surface area (Å²) in [7, 11) is 0. The molecule has 5 nitrogen and oxygen atoms in total. The highest BCUT2D eigenvalue weighted by atomic mass is 32.2. The number of benzene rings is 2. The van der Waals surface area contributed by atoms with E-state index in [1.54, 1.807) is 6.08 Å². The molecule has 7 heteroatoms. The summed E-state index contributed by atoms with van der Waals surface area (Å²) in [5.41, 5.74) is 2.75. The minimum Gasteiger partial charge on any atom is -0.481 e. The summed E-state index contributed by atoms with van der Waals surface area (Å²) in [6.07, 6.45) is 1.65. The number of hydrogen-bond donors (Lipinski definition) is 2. The van der Waals surface area contributed by atoms with Crippen molar-refractivity contribution < 1.29 is 14.7 Å². The zero-order valence-electron chi connectivity index (χ0n) is 13.7. The molecule has 132 valence electrons. The Kier molecular flexibility index (Phi) is 5.70. The lowest BCUT2D eigenvalue weighted by atomic mass is 10.1. The molecule has 2 aromatic rings. The van der Waals surface area contributed by atoms with Gasteiger partial charge in [0.2, 0.25) is 0 Å². The van der Waals surface area contributed by atoms with Crippen LogP contribution in [0.5, 0.6) is 0 Å². The van der Waals surface area contributed by atoms with Gasteiger partial charge < -0.3 is 10.4 Å². The highest BCUT2D eigenvalue weighted by molar-refractivity contribution is 8.26. The van der Waals surface area contributed by atoms with Crippen LogP contribution in [0.2, 0.25) is 0 Å². The smallest absolute Gasteiger partial charge is 0.305 e. The number of amides is 1. The zero-order valence-corrected chi connectivity index (χ0v) is 15.3. The van der Waals surface area contributed by atoms with Crippen molar-refractivity contribution in [1.82, 2.24) is 4.90 Å². The molecule has 26 heavy (non-hydrogen) atoms. The predicted molar refractivity (Wildman–Crippen MR) is 108 cm³/mol. The first-order valence-corrected chi connectivity index (χ1v) is 9.15. The molecule has 1 aliphatic heterocycles. The van der Waals surface area contributed by atoms with Crippen LogP contribution in [0.1, 0.15) is 12.0 Å². The number of thioether (sulfide) groups is 1. The minimum atomic E-state index is -0.956. The van der Waals surface area contributed by atoms with E-state index >= 15 is 0 Å². The molecule has 1 aliphatic rings. The van der Waals surface area contributed by atoms with Crippen molar-refractivity contribution in [3.63, 3.8) is 0 Å². The van der Waals surface area contributed by atoms with Crippen LogP contribution in [0.15, 0.2) is 59.5 Å². The van der Waals surface area contributed by atoms with E-state index in [9.17, 15) is 9.59 Å². The lowest BCUT2D eigenvalue weighted by Crippen LogP contribution is -2.30. The lowest BCUT2D eigenvalue weighted by molar-refractivity contribution is -0.137. The zero-order chi connectivity index (χ0) is 18.5. The van der Waals surface area contributed by atoms with Crippen molar-refractivity contribution in [2.24, 2.45) is 0 Å². The average molecular weight is 384 g/mol. The fourth-order valence-corrected chi connectivity index (χ4v) is 3.75. The first-order valence-electron chi connectivity index (χ1n) is 7.92. The van der Waals surface area contributed by atoms with E-state index in [2.05, 4.69) is 5.32 Å². The van der Waals surface area contributed by atoms with E-state index in [-0.39, 0.29) is 18.9 Å². The lowest BCUT2D eigenvalue weighted by Gasteiger charge is -2.12. The van der Waals surface area contributed by atoms with Gasteiger partial charge in [0.1, 0.15) is 4.32 Å². The summed E-state index contributed by atoms with van der Waals surface area (Å²) in [4.78, 5) is 25.0. The Morgan fingerprint density at radius 2 is 1.88 bits per heavy atom. The van der Waals surface area contributed by atoms with E-state index in [0.29, 0.717) is 9.23 Å². The van der Waals surface area contributed by atoms with E-state index in [4.69, 9.17) is 17.3 Å². The number of thiocarbonyl (C=S) groups is 1. The Morgan fingerprint density at radius 3 is 2.62 bits per heavy atom. The Hall–Kier alpha value is -2.64. The molecule has 0 aliphatic carbocycles. The predicted octanol–water partition coefficient (Wildman–Crippen LogP) is 4.11. The first kappa shape index (κ1) is 18.2. The number of hydrogen-bond acceptors (Lipinski definition) is 5. The SMILES string of the molecule is O=C(O)CCN1C(=O)/C(=C/c2cccc(Nc3ccccc3)c2)SC1=S. The molecular weight excluding hydrogens is 368 g/mol. The third-order valence-electron chi connectivity index (χ3n) is 3.67. The van der Waals surface area contributed by atoms with Gasteiger partial charge in [0.15, 0.2) is 0 Å². The topological polar surface area (TPSA) is 69.6 Å². The quantitative estimate of drug-likeness (QED) is 0.577. The number of carboxylic acids is 1. The number of aliphatic carboxylic acids is 1. The van der Waals surface area contributed by atoms with Gasteiger partial charge in [-0.05, 0) is 35.9 Å². The monoisotopic (exact) mass is 384 g/mol. The van der Waals surface area contributed by atoms with Gasteiger partial charge in [-0.15, -0.1) is 0 Å². The summed E-state index contributed by atoms with van der Waals surface area (Å²) < 4.78 is 0.390. The molecule has 0 unspecified atom stereocenters. The number of nitrogens with zero attached hydrogens (tertiary/aromatic N) is 1. The van der Waals surface area contributed by atoms with Crippen molar-refractivity contribution >= 4 is 57.6 Å². The Labute approximate surface area is 160 Å². The van der Waals surface area contributed by atoms with Crippen LogP contribution >= 0.6 is 24.0 Å². The van der Waals surface area contributed by atoms with Crippen LogP contribution in [0.3, 0.4) is 0 Å². The maximum Gasteiger partial charge on any atom is 0.305 e. The molecule has 0 saturated carbocycles. The molecule has 0 radical (unpaired) electrons. The Morgan fingerprint density at radius 1 is 1.15 bits per heavy atom. The second-order valence-corrected chi connectivity index (χ2v) is 7.27. The average Bonchev–Trinajstić information content (AvgIpc) is 2.87. The maximum absolute atomic E-state index is 12.4. The van der Waals surface area contributed by atoms with Gasteiger partial charge in [0.05, 0.1) is 11.3 Å². The third kappa shape index (κ3) is 4.50. The van der Waals surface area contributed by atoms with Crippen LogP contribution < -0.4 is 5.32 Å². The highest BCUT2D eigenvalue weighted by Gasteiger charge is 2.31. The number of carbonyl (C=O) groups excluding carboxylic acids is 1. The minimum absolute atomic E-state index is 0.0902. The van der Waals surface area contributed by atoms with Gasteiger partial charge in [-0.3, -0.25) is 14.5 Å². The van der Waals surface area contributed by atoms with Gasteiger partial charge in [-0.1, -0.05) is 54.3 Å². The standard InChI is InChI=1S/C19H16N2O3S2/c22-17(23)9-10-21-18(24)16(26-19(21)25)12-13-5-4-8-15(11-13)20-14-6-2-1-3-7-14/h1-8,11-12,20H,9-10H2,(H,22,23)/b16-12-. The van der Waals surface area contributed by atoms with Crippen LogP contribution in [0.4, 0.5) is 11.4 Å². The van der Waals surface area contributed by atoms with Gasteiger partial charge >= 0.3 is 5.97 Å². The normalized spacial score (nSPS) is 15.5. The number of carbonyl (C=O) groups is 2. The second-order valence-electron chi connectivity index (χ2n) is 5.59. The highest BCUT2D eigenvalue weighted by Crippen LogP contribution is 2.33. The summed E-state index contributed by atoms with van der Waals surface area (Å²) >= 11 is 6.39. The second kappa shape index (κ2) is 8.16. The summed E-state index contributed by atoms with van der Waals surface area (Å²) in [5.74, 6) is -1.20. The fraction of sp³-hybridized carbons (Fsp3) is 0.105. The van der Waals surface area contributed by atoms with E-state index in [1.807, 2.05) is 54.6 Å². The van der Waals surface area contributed by atoms with Crippen molar-refractivity contribution in [1.29, 1.82) is 0 Å². The first-order chi connectivity index (χ1) is 12.5. The van der Waals surface area contributed by atoms with Crippen LogP contribution in [0, 0.1) is 0 Å². The number of rotatable bonds is 6. The van der Waals surface area contributed by atoms with Gasteiger partial charge in [0, 0.05) is 17.9 Å². The molecule has 0 aromatic heterocycles. The molecule has 1 heterocycles. The van der Waals surface area contributed by atoms with Crippen LogP contribution in [-0.2, 0) is 9.59 Å². The molecule has 0 spiro atoms. The van der Waals surface area contributed by atoms with E-state index < -0.39 is 5.97 Å². The third-order valence-corrected chi connectivity index (χ3v) is 5.05. The van der Waals surface area contributed by atoms with Gasteiger partial charge in [-0.2, -0.15) is 0 Å². The Balaban J connectivity index is 1.75. The van der Waals surface area contributed by atoms with Crippen molar-refractivity contribution in [2.45, 2.75) is 6.42 Å². The molecule has 0 atom stereocenters. The molecule has 2 N–H and O–H groups in total. The Bertz CT molecular complexity index is 881. The van der Waals surface area contributed by atoms with Crippen molar-refractivity contribution in [3.8, 4) is 0 Å². The largest absolute Gasteiger partial charge is 0.481 e. The van der Waals surface area contributed by atoms with Crippen LogP contribution in [0.25, 0.3) is 6.08 Å². The van der Waals surface area contributed by atoms with Gasteiger partial charge in [0.25, 0.3) is 5.91 Å². The van der Waals surface area contributed by atoms with E-state index in [0.717, 1.165) is 16.9 Å². The number of carboxylic acid groups (broad SMARTS) is 1. The molecule has 1 fully saturated rings. The van der Waals surface area contributed by atoms with E-state index in [1.165, 1.54) is 16.7 Å². The van der Waals surface area contributed by atoms with Crippen LogP contribution in [-0.4, -0.2) is 32.7 Å². The number of nitrogens with one attached hydrogen (secondary N) is 1. The van der Waals surface area contributed by atoms with Crippen molar-refractivity contribution in [2.75, 3.05) is 11.9 Å². The molecule has 1 saturated heterocycles. The summed E-state index contributed by atoms with van der Waals surface area (Å²) in [5, 5.41) is 12.1. The number of para-hydroxylation sites is 1. The molecule has 1 amide bonds. The molecule has 2 aromatic carbocycles.